The summed E-state index contributed by atoms with van der Waals surface area (Å²) in [5.41, 5.74) is -0.853. The molecule has 0 aliphatic carbocycles. The second-order valence-corrected chi connectivity index (χ2v) is 5.22. The van der Waals surface area contributed by atoms with Crippen LogP contribution in [0.2, 0.25) is 0 Å². The zero-order valence-corrected chi connectivity index (χ0v) is 13.3. The van der Waals surface area contributed by atoms with Crippen LogP contribution in [0.4, 0.5) is 27.6 Å². The molecule has 10 heteroatoms. The molecule has 2 aromatic carbocycles. The Bertz CT molecular complexity index is 967. The van der Waals surface area contributed by atoms with Crippen LogP contribution >= 0.6 is 0 Å². The molecule has 1 heterocycles. The number of hydrogen-bond donors (Lipinski definition) is 1. The van der Waals surface area contributed by atoms with Crippen molar-refractivity contribution >= 4 is 11.6 Å². The van der Waals surface area contributed by atoms with Crippen LogP contribution in [0.5, 0.6) is 5.75 Å². The minimum absolute atomic E-state index is 0.0370. The van der Waals surface area contributed by atoms with Crippen molar-refractivity contribution in [3.8, 4) is 11.4 Å². The van der Waals surface area contributed by atoms with E-state index in [2.05, 4.69) is 15.2 Å². The van der Waals surface area contributed by atoms with Gasteiger partial charge in [-0.25, -0.2) is 17.9 Å². The highest BCUT2D eigenvalue weighted by Crippen LogP contribution is 2.23. The van der Waals surface area contributed by atoms with Gasteiger partial charge >= 0.3 is 6.61 Å². The number of benzene rings is 2. The van der Waals surface area contributed by atoms with E-state index in [4.69, 9.17) is 0 Å². The molecule has 0 saturated carbocycles. The van der Waals surface area contributed by atoms with E-state index in [1.165, 1.54) is 24.4 Å². The first kappa shape index (κ1) is 18.4. The maximum absolute atomic E-state index is 13.9. The van der Waals surface area contributed by atoms with E-state index >= 15 is 0 Å². The highest BCUT2D eigenvalue weighted by Gasteiger charge is 2.21. The van der Waals surface area contributed by atoms with Crippen molar-refractivity contribution < 1.29 is 31.5 Å². The maximum Gasteiger partial charge on any atom is 0.387 e. The fourth-order valence-electron chi connectivity index (χ4n) is 2.29. The SMILES string of the molecule is O=C(Nc1cnn(-c2ccccc2F)c1)c1c(F)cc(OC(F)F)cc1F. The molecule has 1 N–H and O–H groups in total. The van der Waals surface area contributed by atoms with Crippen molar-refractivity contribution in [3.05, 3.63) is 71.8 Å². The number of carbonyl (C=O) groups is 1. The van der Waals surface area contributed by atoms with Crippen molar-refractivity contribution in [3.63, 3.8) is 0 Å². The molecule has 0 bridgehead atoms. The summed E-state index contributed by atoms with van der Waals surface area (Å²) in [7, 11) is 0. The maximum atomic E-state index is 13.9. The lowest BCUT2D eigenvalue weighted by Gasteiger charge is -2.09. The molecule has 0 atom stereocenters. The van der Waals surface area contributed by atoms with E-state index in [-0.39, 0.29) is 11.4 Å². The van der Waals surface area contributed by atoms with E-state index in [1.54, 1.807) is 6.07 Å². The average Bonchev–Trinajstić information content (AvgIpc) is 3.02. The van der Waals surface area contributed by atoms with Gasteiger partial charge in [-0.1, -0.05) is 12.1 Å². The summed E-state index contributed by atoms with van der Waals surface area (Å²) < 4.78 is 70.9. The summed E-state index contributed by atoms with van der Waals surface area (Å²) in [5.74, 6) is -5.27. The highest BCUT2D eigenvalue weighted by molar-refractivity contribution is 6.04. The Balaban J connectivity index is 1.81. The molecule has 0 aliphatic rings. The van der Waals surface area contributed by atoms with Crippen molar-refractivity contribution in [1.29, 1.82) is 0 Å². The lowest BCUT2D eigenvalue weighted by atomic mass is 10.1. The fourth-order valence-corrected chi connectivity index (χ4v) is 2.29. The van der Waals surface area contributed by atoms with Crippen molar-refractivity contribution in [2.45, 2.75) is 6.61 Å². The molecule has 1 amide bonds. The second-order valence-electron chi connectivity index (χ2n) is 5.22. The highest BCUT2D eigenvalue weighted by atomic mass is 19.3. The van der Waals surface area contributed by atoms with Crippen LogP contribution in [-0.2, 0) is 0 Å². The first-order chi connectivity index (χ1) is 12.8. The molecule has 3 rings (SSSR count). The van der Waals surface area contributed by atoms with E-state index < -0.39 is 41.3 Å². The summed E-state index contributed by atoms with van der Waals surface area (Å²) in [4.78, 5) is 12.1. The Morgan fingerprint density at radius 2 is 1.74 bits per heavy atom. The molecule has 0 aliphatic heterocycles. The van der Waals surface area contributed by atoms with Gasteiger partial charge in [0.05, 0.1) is 18.1 Å². The normalized spacial score (nSPS) is 10.9. The number of rotatable bonds is 5. The number of ether oxygens (including phenoxy) is 1. The van der Waals surface area contributed by atoms with Crippen molar-refractivity contribution in [2.75, 3.05) is 5.32 Å². The number of para-hydroxylation sites is 1. The number of anilines is 1. The van der Waals surface area contributed by atoms with Crippen LogP contribution in [0.25, 0.3) is 5.69 Å². The molecular weight excluding hydrogens is 373 g/mol. The third kappa shape index (κ3) is 4.05. The van der Waals surface area contributed by atoms with Gasteiger partial charge < -0.3 is 10.1 Å². The van der Waals surface area contributed by atoms with E-state index in [0.717, 1.165) is 10.9 Å². The number of carbonyl (C=O) groups excluding carboxylic acids is 1. The van der Waals surface area contributed by atoms with Gasteiger partial charge in [0.1, 0.15) is 34.5 Å². The standard InChI is InChI=1S/C17H10F5N3O2/c18-11-3-1-2-4-14(11)25-8-9(7-23-25)24-16(26)15-12(19)5-10(6-13(15)20)27-17(21)22/h1-8,17H,(H,24,26). The largest absolute Gasteiger partial charge is 0.435 e. The molecule has 27 heavy (non-hydrogen) atoms. The van der Waals surface area contributed by atoms with Crippen LogP contribution in [0.15, 0.2) is 48.8 Å². The molecule has 1 aromatic heterocycles. The van der Waals surface area contributed by atoms with Gasteiger partial charge in [-0.05, 0) is 12.1 Å². The van der Waals surface area contributed by atoms with Crippen LogP contribution in [0, 0.1) is 17.5 Å². The van der Waals surface area contributed by atoms with Gasteiger partial charge in [0.15, 0.2) is 0 Å². The molecule has 3 aromatic rings. The van der Waals surface area contributed by atoms with Crippen LogP contribution in [-0.4, -0.2) is 22.3 Å². The number of amides is 1. The Morgan fingerprint density at radius 1 is 1.07 bits per heavy atom. The quantitative estimate of drug-likeness (QED) is 0.674. The van der Waals surface area contributed by atoms with Crippen LogP contribution in [0.3, 0.4) is 0 Å². The molecule has 0 unspecified atom stereocenters. The monoisotopic (exact) mass is 383 g/mol. The smallest absolute Gasteiger partial charge is 0.387 e. The summed E-state index contributed by atoms with van der Waals surface area (Å²) >= 11 is 0. The average molecular weight is 383 g/mol. The Hall–Kier alpha value is -3.43. The summed E-state index contributed by atoms with van der Waals surface area (Å²) in [6.45, 7) is -3.27. The minimum Gasteiger partial charge on any atom is -0.435 e. The first-order valence-electron chi connectivity index (χ1n) is 7.40. The number of hydrogen-bond acceptors (Lipinski definition) is 3. The second kappa shape index (κ2) is 7.44. The van der Waals surface area contributed by atoms with E-state index in [1.807, 2.05) is 0 Å². The summed E-state index contributed by atoms with van der Waals surface area (Å²) in [6, 6.07) is 6.64. The summed E-state index contributed by atoms with van der Waals surface area (Å²) in [5, 5.41) is 6.05. The Kier molecular flexibility index (Phi) is 5.06. The zero-order chi connectivity index (χ0) is 19.6. The number of alkyl halides is 2. The van der Waals surface area contributed by atoms with Crippen LogP contribution in [0.1, 0.15) is 10.4 Å². The summed E-state index contributed by atoms with van der Waals surface area (Å²) in [6.07, 6.45) is 2.38. The van der Waals surface area contributed by atoms with Crippen molar-refractivity contribution in [2.24, 2.45) is 0 Å². The van der Waals surface area contributed by atoms with E-state index in [9.17, 15) is 26.7 Å². The van der Waals surface area contributed by atoms with Gasteiger partial charge in [0.2, 0.25) is 0 Å². The third-order valence-electron chi connectivity index (χ3n) is 3.41. The van der Waals surface area contributed by atoms with Gasteiger partial charge in [0, 0.05) is 12.1 Å². The minimum atomic E-state index is -3.27. The molecule has 0 saturated heterocycles. The number of aromatic nitrogens is 2. The predicted molar refractivity (Wildman–Crippen MR) is 84.5 cm³/mol. The number of halogens is 5. The molecule has 5 nitrogen and oxygen atoms in total. The molecule has 0 spiro atoms. The lowest BCUT2D eigenvalue weighted by Crippen LogP contribution is -2.16. The van der Waals surface area contributed by atoms with E-state index in [0.29, 0.717) is 12.1 Å². The Labute approximate surface area is 149 Å². The first-order valence-corrected chi connectivity index (χ1v) is 7.40. The van der Waals surface area contributed by atoms with Gasteiger partial charge in [-0.3, -0.25) is 4.79 Å². The fraction of sp³-hybridized carbons (Fsp3) is 0.0588. The van der Waals surface area contributed by atoms with Gasteiger partial charge in [0.25, 0.3) is 5.91 Å². The molecule has 0 radical (unpaired) electrons. The van der Waals surface area contributed by atoms with Crippen molar-refractivity contribution in [1.82, 2.24) is 9.78 Å². The van der Waals surface area contributed by atoms with Gasteiger partial charge in [-0.2, -0.15) is 13.9 Å². The lowest BCUT2D eigenvalue weighted by molar-refractivity contribution is -0.0501. The molecular formula is C17H10F5N3O2. The van der Waals surface area contributed by atoms with Gasteiger partial charge in [-0.15, -0.1) is 0 Å². The predicted octanol–water partition coefficient (Wildman–Crippen LogP) is 4.14. The Morgan fingerprint density at radius 3 is 2.37 bits per heavy atom. The molecule has 0 fully saturated rings. The number of nitrogens with zero attached hydrogens (tertiary/aromatic N) is 2. The zero-order valence-electron chi connectivity index (χ0n) is 13.3. The third-order valence-corrected chi connectivity index (χ3v) is 3.41. The van der Waals surface area contributed by atoms with Crippen LogP contribution < -0.4 is 10.1 Å². The number of nitrogens with one attached hydrogen (secondary N) is 1. The molecule has 140 valence electrons. The topological polar surface area (TPSA) is 56.2 Å².